The minimum atomic E-state index is -0.518. The fraction of sp³-hybridized carbons (Fsp3) is 0.462. The van der Waals surface area contributed by atoms with Crippen molar-refractivity contribution in [1.82, 2.24) is 10.2 Å². The van der Waals surface area contributed by atoms with Crippen LogP contribution in [0, 0.1) is 13.8 Å². The number of carbonyl (C=O) groups is 2. The quantitative estimate of drug-likeness (QED) is 0.607. The Kier molecular flexibility index (Phi) is 9.10. The largest absolute Gasteiger partial charge is 0.497 e. The summed E-state index contributed by atoms with van der Waals surface area (Å²) in [6, 6.07) is 13.3. The lowest BCUT2D eigenvalue weighted by molar-refractivity contribution is -0.141. The minimum Gasteiger partial charge on any atom is -0.497 e. The molecule has 0 aliphatic carbocycles. The minimum absolute atomic E-state index is 0.0507. The molecule has 0 unspecified atom stereocenters. The molecular formula is C26H36N2O3. The van der Waals surface area contributed by atoms with Crippen LogP contribution >= 0.6 is 0 Å². The molecular weight excluding hydrogens is 388 g/mol. The van der Waals surface area contributed by atoms with Crippen molar-refractivity contribution in [3.63, 3.8) is 0 Å². The van der Waals surface area contributed by atoms with Gasteiger partial charge in [0.25, 0.3) is 0 Å². The fourth-order valence-electron chi connectivity index (χ4n) is 3.48. The molecule has 0 saturated heterocycles. The molecule has 31 heavy (non-hydrogen) atoms. The fourth-order valence-corrected chi connectivity index (χ4v) is 3.48. The molecule has 5 nitrogen and oxygen atoms in total. The maximum absolute atomic E-state index is 13.4. The number of nitrogens with zero attached hydrogens (tertiary/aromatic N) is 1. The van der Waals surface area contributed by atoms with E-state index in [1.807, 2.05) is 64.1 Å². The molecule has 168 valence electrons. The summed E-state index contributed by atoms with van der Waals surface area (Å²) in [4.78, 5) is 28.1. The zero-order chi connectivity index (χ0) is 23.0. The van der Waals surface area contributed by atoms with Crippen molar-refractivity contribution < 1.29 is 14.3 Å². The van der Waals surface area contributed by atoms with Crippen LogP contribution in [0.3, 0.4) is 0 Å². The van der Waals surface area contributed by atoms with Crippen molar-refractivity contribution in [2.45, 2.75) is 72.5 Å². The van der Waals surface area contributed by atoms with Crippen LogP contribution in [0.5, 0.6) is 5.75 Å². The smallest absolute Gasteiger partial charge is 0.243 e. The first-order valence-electron chi connectivity index (χ1n) is 11.1. The second-order valence-electron chi connectivity index (χ2n) is 8.21. The predicted octanol–water partition coefficient (Wildman–Crippen LogP) is 4.58. The van der Waals surface area contributed by atoms with Crippen LogP contribution in [0.15, 0.2) is 42.5 Å². The van der Waals surface area contributed by atoms with Crippen molar-refractivity contribution in [1.29, 1.82) is 0 Å². The first-order valence-corrected chi connectivity index (χ1v) is 11.1. The topological polar surface area (TPSA) is 58.6 Å². The monoisotopic (exact) mass is 424 g/mol. The summed E-state index contributed by atoms with van der Waals surface area (Å²) in [5.41, 5.74) is 4.29. The lowest BCUT2D eigenvalue weighted by Gasteiger charge is -2.31. The molecule has 0 bridgehead atoms. The number of hydrogen-bond donors (Lipinski definition) is 1. The maximum Gasteiger partial charge on any atom is 0.243 e. The third-order valence-corrected chi connectivity index (χ3v) is 5.83. The molecule has 1 N–H and O–H groups in total. The van der Waals surface area contributed by atoms with Crippen molar-refractivity contribution in [2.75, 3.05) is 7.11 Å². The summed E-state index contributed by atoms with van der Waals surface area (Å²) >= 11 is 0. The van der Waals surface area contributed by atoms with Gasteiger partial charge in [0.2, 0.25) is 11.8 Å². The summed E-state index contributed by atoms with van der Waals surface area (Å²) in [6.45, 7) is 10.4. The number of amides is 2. The molecule has 0 radical (unpaired) electrons. The van der Waals surface area contributed by atoms with Gasteiger partial charge in [-0.15, -0.1) is 0 Å². The Hall–Kier alpha value is -2.82. The van der Waals surface area contributed by atoms with E-state index in [1.165, 1.54) is 5.56 Å². The lowest BCUT2D eigenvalue weighted by atomic mass is 10.0. The third kappa shape index (κ3) is 6.84. The Morgan fingerprint density at radius 1 is 0.968 bits per heavy atom. The first kappa shape index (κ1) is 24.4. The highest BCUT2D eigenvalue weighted by Crippen LogP contribution is 2.18. The number of carbonyl (C=O) groups excluding carboxylic acids is 2. The molecule has 0 saturated carbocycles. The molecule has 2 amide bonds. The molecule has 0 aliphatic heterocycles. The summed E-state index contributed by atoms with van der Waals surface area (Å²) in [6.07, 6.45) is 1.67. The van der Waals surface area contributed by atoms with Crippen LogP contribution in [0.2, 0.25) is 0 Å². The molecule has 2 atom stereocenters. The SMILES string of the molecule is CC[C@H](C(=O)N[C@@H](C)CC)N(Cc1ccc(OC)cc1)C(=O)Cc1ccc(C)c(C)c1. The van der Waals surface area contributed by atoms with Gasteiger partial charge in [-0.3, -0.25) is 9.59 Å². The van der Waals surface area contributed by atoms with Gasteiger partial charge in [-0.05, 0) is 68.0 Å². The Morgan fingerprint density at radius 2 is 1.61 bits per heavy atom. The predicted molar refractivity (Wildman–Crippen MR) is 125 cm³/mol. The molecule has 0 aliphatic rings. The van der Waals surface area contributed by atoms with Gasteiger partial charge in [0, 0.05) is 12.6 Å². The average Bonchev–Trinajstić information content (AvgIpc) is 2.76. The second-order valence-corrected chi connectivity index (χ2v) is 8.21. The van der Waals surface area contributed by atoms with E-state index < -0.39 is 6.04 Å². The number of hydrogen-bond acceptors (Lipinski definition) is 3. The number of benzene rings is 2. The van der Waals surface area contributed by atoms with Gasteiger partial charge in [-0.2, -0.15) is 0 Å². The number of ether oxygens (including phenoxy) is 1. The Morgan fingerprint density at radius 3 is 2.16 bits per heavy atom. The van der Waals surface area contributed by atoms with Crippen LogP contribution in [-0.4, -0.2) is 35.9 Å². The van der Waals surface area contributed by atoms with E-state index in [9.17, 15) is 9.59 Å². The lowest BCUT2D eigenvalue weighted by Crippen LogP contribution is -2.51. The van der Waals surface area contributed by atoms with Crippen LogP contribution in [0.1, 0.15) is 55.9 Å². The van der Waals surface area contributed by atoms with E-state index in [-0.39, 0.29) is 24.3 Å². The van der Waals surface area contributed by atoms with Crippen LogP contribution in [0.25, 0.3) is 0 Å². The summed E-state index contributed by atoms with van der Waals surface area (Å²) < 4.78 is 5.24. The highest BCUT2D eigenvalue weighted by atomic mass is 16.5. The average molecular weight is 425 g/mol. The van der Waals surface area contributed by atoms with Gasteiger partial charge >= 0.3 is 0 Å². The third-order valence-electron chi connectivity index (χ3n) is 5.83. The molecule has 2 rings (SSSR count). The van der Waals surface area contributed by atoms with E-state index in [4.69, 9.17) is 4.74 Å². The van der Waals surface area contributed by atoms with Gasteiger partial charge in [-0.25, -0.2) is 0 Å². The number of methoxy groups -OCH3 is 1. The van der Waals surface area contributed by atoms with Gasteiger partial charge in [0.05, 0.1) is 13.5 Å². The Bertz CT molecular complexity index is 877. The number of aryl methyl sites for hydroxylation is 2. The van der Waals surface area contributed by atoms with E-state index in [0.29, 0.717) is 13.0 Å². The van der Waals surface area contributed by atoms with Gasteiger partial charge < -0.3 is 15.0 Å². The van der Waals surface area contributed by atoms with Gasteiger partial charge in [0.15, 0.2) is 0 Å². The van der Waals surface area contributed by atoms with Gasteiger partial charge in [0.1, 0.15) is 11.8 Å². The summed E-state index contributed by atoms with van der Waals surface area (Å²) in [5, 5.41) is 3.05. The van der Waals surface area contributed by atoms with E-state index in [2.05, 4.69) is 18.3 Å². The standard InChI is InChI=1S/C26H36N2O3/c1-7-20(5)27-26(30)24(8-2)28(17-21-11-13-23(31-6)14-12-21)25(29)16-22-10-9-18(3)19(4)15-22/h9-15,20,24H,7-8,16-17H2,1-6H3,(H,27,30)/t20-,24+/m0/s1. The summed E-state index contributed by atoms with van der Waals surface area (Å²) in [7, 11) is 1.63. The highest BCUT2D eigenvalue weighted by molar-refractivity contribution is 5.88. The molecule has 0 fully saturated rings. The van der Waals surface area contributed by atoms with E-state index in [1.54, 1.807) is 12.0 Å². The second kappa shape index (κ2) is 11.5. The normalized spacial score (nSPS) is 12.7. The van der Waals surface area contributed by atoms with Crippen molar-refractivity contribution >= 4 is 11.8 Å². The summed E-state index contributed by atoms with van der Waals surface area (Å²) in [5.74, 6) is 0.613. The van der Waals surface area contributed by atoms with E-state index in [0.717, 1.165) is 28.9 Å². The highest BCUT2D eigenvalue weighted by Gasteiger charge is 2.29. The number of nitrogens with one attached hydrogen (secondary N) is 1. The Labute approximate surface area is 186 Å². The zero-order valence-electron chi connectivity index (χ0n) is 19.7. The van der Waals surface area contributed by atoms with Crippen LogP contribution < -0.4 is 10.1 Å². The molecule has 2 aromatic carbocycles. The Balaban J connectivity index is 2.30. The maximum atomic E-state index is 13.4. The van der Waals surface area contributed by atoms with Crippen LogP contribution in [-0.2, 0) is 22.6 Å². The van der Waals surface area contributed by atoms with Crippen molar-refractivity contribution in [3.8, 4) is 5.75 Å². The van der Waals surface area contributed by atoms with Crippen LogP contribution in [0.4, 0.5) is 0 Å². The molecule has 0 spiro atoms. The first-order chi connectivity index (χ1) is 14.8. The molecule has 0 aromatic heterocycles. The van der Waals surface area contributed by atoms with Crippen molar-refractivity contribution in [2.24, 2.45) is 0 Å². The molecule has 0 heterocycles. The molecule has 2 aromatic rings. The van der Waals surface area contributed by atoms with E-state index >= 15 is 0 Å². The molecule has 5 heteroatoms. The van der Waals surface area contributed by atoms with Gasteiger partial charge in [-0.1, -0.05) is 44.2 Å². The van der Waals surface area contributed by atoms with Crippen molar-refractivity contribution in [3.05, 3.63) is 64.7 Å². The number of rotatable bonds is 10. The zero-order valence-corrected chi connectivity index (χ0v) is 19.7.